The Bertz CT molecular complexity index is 1310. The molecule has 1 aliphatic heterocycles. The van der Waals surface area contributed by atoms with Crippen LogP contribution in [0, 0.1) is 0 Å². The molecule has 0 bridgehead atoms. The fourth-order valence-corrected chi connectivity index (χ4v) is 4.24. The number of nitrogen functional groups attached to an aromatic ring is 1. The van der Waals surface area contributed by atoms with Crippen molar-refractivity contribution in [2.75, 3.05) is 5.73 Å². The first-order valence-electron chi connectivity index (χ1n) is 10.0. The molecule has 2 N–H and O–H groups in total. The molecule has 0 saturated heterocycles. The maximum Gasteiger partial charge on any atom is 0.150 e. The zero-order chi connectivity index (χ0) is 19.4. The van der Waals surface area contributed by atoms with Crippen molar-refractivity contribution in [1.82, 2.24) is 14.4 Å². The second kappa shape index (κ2) is 6.21. The lowest BCUT2D eigenvalue weighted by Crippen LogP contribution is -2.12. The van der Waals surface area contributed by atoms with Crippen molar-refractivity contribution in [2.24, 2.45) is 0 Å². The molecule has 3 heterocycles. The molecule has 0 spiro atoms. The highest BCUT2D eigenvalue weighted by atomic mass is 16.3. The van der Waals surface area contributed by atoms with Gasteiger partial charge in [0.25, 0.3) is 0 Å². The van der Waals surface area contributed by atoms with Gasteiger partial charge in [0, 0.05) is 35.0 Å². The van der Waals surface area contributed by atoms with E-state index in [-0.39, 0.29) is 0 Å². The minimum atomic E-state index is 0.482. The molecule has 3 aromatic rings. The minimum Gasteiger partial charge on any atom is -0.456 e. The molecule has 5 heteroatoms. The van der Waals surface area contributed by atoms with E-state index in [0.29, 0.717) is 11.7 Å². The molecule has 6 rings (SSSR count). The smallest absolute Gasteiger partial charge is 0.150 e. The van der Waals surface area contributed by atoms with Crippen molar-refractivity contribution in [1.29, 1.82) is 0 Å². The largest absolute Gasteiger partial charge is 0.456 e. The number of aromatic nitrogens is 3. The van der Waals surface area contributed by atoms with Crippen LogP contribution in [0.2, 0.25) is 0 Å². The summed E-state index contributed by atoms with van der Waals surface area (Å²) in [5, 5.41) is 0. The quantitative estimate of drug-likeness (QED) is 0.442. The van der Waals surface area contributed by atoms with Crippen molar-refractivity contribution in [2.45, 2.75) is 25.2 Å². The number of anilines is 1. The van der Waals surface area contributed by atoms with E-state index in [1.54, 1.807) is 6.20 Å². The SMILES string of the molecule is Nc1nccn2c(C3CCC3)nc(-c3ccccc3-c3ccc4cccc-4o3)c12. The summed E-state index contributed by atoms with van der Waals surface area (Å²) in [6.45, 7) is 0. The van der Waals surface area contributed by atoms with E-state index in [0.717, 1.165) is 45.2 Å². The zero-order valence-corrected chi connectivity index (χ0v) is 15.9. The van der Waals surface area contributed by atoms with Gasteiger partial charge in [0.05, 0.1) is 0 Å². The molecule has 1 saturated carbocycles. The Kier molecular flexibility index (Phi) is 3.50. The second-order valence-electron chi connectivity index (χ2n) is 7.67. The summed E-state index contributed by atoms with van der Waals surface area (Å²) in [4.78, 5) is 9.42. The maximum atomic E-state index is 6.32. The zero-order valence-electron chi connectivity index (χ0n) is 15.9. The highest BCUT2D eigenvalue weighted by Crippen LogP contribution is 2.41. The lowest BCUT2D eigenvalue weighted by atomic mass is 9.85. The Morgan fingerprint density at radius 2 is 1.79 bits per heavy atom. The first kappa shape index (κ1) is 16.4. The normalized spacial score (nSPS) is 14.5. The van der Waals surface area contributed by atoms with Gasteiger partial charge in [-0.2, -0.15) is 0 Å². The van der Waals surface area contributed by atoms with Gasteiger partial charge in [-0.15, -0.1) is 0 Å². The maximum absolute atomic E-state index is 6.32. The van der Waals surface area contributed by atoms with E-state index >= 15 is 0 Å². The van der Waals surface area contributed by atoms with Gasteiger partial charge in [0.1, 0.15) is 34.4 Å². The van der Waals surface area contributed by atoms with Gasteiger partial charge in [0.15, 0.2) is 0 Å². The molecular weight excluding hydrogens is 360 g/mol. The van der Waals surface area contributed by atoms with Crippen LogP contribution in [0.5, 0.6) is 0 Å². The van der Waals surface area contributed by atoms with Crippen LogP contribution in [-0.4, -0.2) is 14.4 Å². The summed E-state index contributed by atoms with van der Waals surface area (Å²) < 4.78 is 8.32. The Labute approximate surface area is 168 Å². The first-order chi connectivity index (χ1) is 14.3. The van der Waals surface area contributed by atoms with E-state index in [2.05, 4.69) is 33.7 Å². The molecule has 2 aliphatic carbocycles. The molecule has 1 aromatic carbocycles. The van der Waals surface area contributed by atoms with Gasteiger partial charge >= 0.3 is 0 Å². The Hall–Kier alpha value is -3.60. The molecule has 29 heavy (non-hydrogen) atoms. The van der Waals surface area contributed by atoms with E-state index < -0.39 is 0 Å². The predicted molar refractivity (Wildman–Crippen MR) is 114 cm³/mol. The number of imidazole rings is 1. The minimum absolute atomic E-state index is 0.482. The van der Waals surface area contributed by atoms with Crippen molar-refractivity contribution in [3.63, 3.8) is 0 Å². The van der Waals surface area contributed by atoms with Crippen LogP contribution in [0.4, 0.5) is 5.82 Å². The van der Waals surface area contributed by atoms with Gasteiger partial charge in [-0.1, -0.05) is 42.8 Å². The van der Waals surface area contributed by atoms with E-state index in [9.17, 15) is 0 Å². The van der Waals surface area contributed by atoms with Crippen LogP contribution in [0.1, 0.15) is 31.0 Å². The topological polar surface area (TPSA) is 69.3 Å². The lowest BCUT2D eigenvalue weighted by Gasteiger charge is -2.23. The summed E-state index contributed by atoms with van der Waals surface area (Å²) in [5.41, 5.74) is 11.2. The van der Waals surface area contributed by atoms with Crippen LogP contribution < -0.4 is 5.73 Å². The molecule has 3 aliphatic rings. The van der Waals surface area contributed by atoms with Gasteiger partial charge in [-0.3, -0.25) is 4.40 Å². The first-order valence-corrected chi connectivity index (χ1v) is 10.0. The average Bonchev–Trinajstić information content (AvgIpc) is 3.32. The second-order valence-corrected chi connectivity index (χ2v) is 7.67. The standard InChI is InChI=1S/C24H20N4O/c25-23-22-21(27-24(16-6-3-7-16)28(22)14-13-26-23)18-9-2-1-8-17(18)20-12-11-15-5-4-10-19(15)29-20/h1-2,4-5,8-14,16H,3,6-7H2,(H2,25,26). The lowest BCUT2D eigenvalue weighted by molar-refractivity contribution is 0.400. The van der Waals surface area contributed by atoms with Crippen molar-refractivity contribution >= 4 is 11.3 Å². The molecule has 0 radical (unpaired) electrons. The summed E-state index contributed by atoms with van der Waals surface area (Å²) in [6.07, 6.45) is 7.32. The van der Waals surface area contributed by atoms with Crippen molar-refractivity contribution < 1.29 is 4.42 Å². The average molecular weight is 380 g/mol. The molecule has 1 fully saturated rings. The Morgan fingerprint density at radius 1 is 0.931 bits per heavy atom. The monoisotopic (exact) mass is 380 g/mol. The van der Waals surface area contributed by atoms with Gasteiger partial charge in [-0.25, -0.2) is 9.97 Å². The molecule has 142 valence electrons. The van der Waals surface area contributed by atoms with Crippen molar-refractivity contribution in [3.05, 3.63) is 72.8 Å². The van der Waals surface area contributed by atoms with Crippen LogP contribution in [0.15, 0.2) is 71.4 Å². The summed E-state index contributed by atoms with van der Waals surface area (Å²) >= 11 is 0. The number of nitrogens with zero attached hydrogens (tertiary/aromatic N) is 3. The summed E-state index contributed by atoms with van der Waals surface area (Å²) in [5.74, 6) is 3.75. The van der Waals surface area contributed by atoms with Crippen LogP contribution in [0.3, 0.4) is 0 Å². The third-order valence-electron chi connectivity index (χ3n) is 5.97. The molecule has 0 unspecified atom stereocenters. The Morgan fingerprint density at radius 3 is 2.62 bits per heavy atom. The summed E-state index contributed by atoms with van der Waals surface area (Å²) in [7, 11) is 0. The molecule has 0 amide bonds. The van der Waals surface area contributed by atoms with Crippen molar-refractivity contribution in [3.8, 4) is 33.9 Å². The van der Waals surface area contributed by atoms with E-state index in [4.69, 9.17) is 15.1 Å². The van der Waals surface area contributed by atoms with Crippen LogP contribution in [-0.2, 0) is 0 Å². The summed E-state index contributed by atoms with van der Waals surface area (Å²) in [6, 6.07) is 18.4. The molecule has 5 nitrogen and oxygen atoms in total. The van der Waals surface area contributed by atoms with E-state index in [1.807, 2.05) is 36.5 Å². The number of hydrogen-bond acceptors (Lipinski definition) is 4. The number of hydrogen-bond donors (Lipinski definition) is 1. The van der Waals surface area contributed by atoms with Gasteiger partial charge in [-0.05, 0) is 31.0 Å². The number of rotatable bonds is 3. The fraction of sp³-hybridized carbons (Fsp3) is 0.167. The van der Waals surface area contributed by atoms with Gasteiger partial charge < -0.3 is 10.2 Å². The number of nitrogens with two attached hydrogens (primary N) is 1. The predicted octanol–water partition coefficient (Wildman–Crippen LogP) is 5.61. The molecule has 2 aromatic heterocycles. The number of fused-ring (bicyclic) bond motifs is 2. The molecular formula is C24H20N4O. The van der Waals surface area contributed by atoms with E-state index in [1.165, 1.54) is 19.3 Å². The number of benzene rings is 1. The highest BCUT2D eigenvalue weighted by Gasteiger charge is 2.27. The third-order valence-corrected chi connectivity index (χ3v) is 5.97. The highest BCUT2D eigenvalue weighted by molar-refractivity contribution is 5.92. The van der Waals surface area contributed by atoms with Gasteiger partial charge in [0.2, 0.25) is 0 Å². The van der Waals surface area contributed by atoms with Crippen LogP contribution >= 0.6 is 0 Å². The third kappa shape index (κ3) is 2.47. The Balaban J connectivity index is 1.60. The molecule has 0 atom stereocenters. The van der Waals surface area contributed by atoms with Crippen LogP contribution in [0.25, 0.3) is 39.4 Å². The fourth-order valence-electron chi connectivity index (χ4n) is 4.24.